The summed E-state index contributed by atoms with van der Waals surface area (Å²) in [6.45, 7) is 4.64. The molecule has 0 spiro atoms. The zero-order valence-electron chi connectivity index (χ0n) is 11.8. The van der Waals surface area contributed by atoms with Crippen LogP contribution < -0.4 is 4.90 Å². The minimum Gasteiger partial charge on any atom is -0.390 e. The van der Waals surface area contributed by atoms with Crippen LogP contribution >= 0.6 is 0 Å². The fourth-order valence-electron chi connectivity index (χ4n) is 2.37. The van der Waals surface area contributed by atoms with Crippen LogP contribution in [-0.2, 0) is 0 Å². The summed E-state index contributed by atoms with van der Waals surface area (Å²) in [6.07, 6.45) is 0. The summed E-state index contributed by atoms with van der Waals surface area (Å²) in [5.74, 6) is -1.46. The molecule has 0 amide bonds. The van der Waals surface area contributed by atoms with Gasteiger partial charge in [0.25, 0.3) is 5.92 Å². The van der Waals surface area contributed by atoms with Gasteiger partial charge in [0.1, 0.15) is 18.2 Å². The molecule has 1 saturated heterocycles. The summed E-state index contributed by atoms with van der Waals surface area (Å²) in [7, 11) is 0. The number of nitrogens with zero attached hydrogens (tertiary/aromatic N) is 4. The van der Waals surface area contributed by atoms with Gasteiger partial charge >= 0.3 is 0 Å². The molecule has 1 aromatic heterocycles. The van der Waals surface area contributed by atoms with Gasteiger partial charge in [-0.25, -0.2) is 18.7 Å². The second-order valence-electron chi connectivity index (χ2n) is 5.19. The van der Waals surface area contributed by atoms with Gasteiger partial charge < -0.3 is 10.0 Å². The first-order valence-corrected chi connectivity index (χ1v) is 6.68. The maximum absolute atomic E-state index is 13.1. The number of aliphatic hydroxyl groups excluding tert-OH is 1. The Bertz CT molecular complexity index is 441. The van der Waals surface area contributed by atoms with Gasteiger partial charge in [-0.05, 0) is 13.8 Å². The molecular formula is C13H20F2N4O. The van der Waals surface area contributed by atoms with Gasteiger partial charge in [0.15, 0.2) is 0 Å². The van der Waals surface area contributed by atoms with Gasteiger partial charge in [-0.1, -0.05) is 0 Å². The second kappa shape index (κ2) is 5.97. The minimum atomic E-state index is -3.02. The number of aryl methyl sites for hydroxylation is 2. The van der Waals surface area contributed by atoms with Gasteiger partial charge in [-0.2, -0.15) is 0 Å². The Morgan fingerprint density at radius 3 is 2.40 bits per heavy atom. The zero-order valence-corrected chi connectivity index (χ0v) is 11.8. The van der Waals surface area contributed by atoms with Crippen molar-refractivity contribution in [1.29, 1.82) is 0 Å². The molecule has 0 saturated carbocycles. The Morgan fingerprint density at radius 1 is 1.20 bits per heavy atom. The van der Waals surface area contributed by atoms with E-state index < -0.39 is 12.5 Å². The lowest BCUT2D eigenvalue weighted by molar-refractivity contribution is -0.0733. The number of piperazine rings is 1. The van der Waals surface area contributed by atoms with E-state index in [1.165, 1.54) is 0 Å². The van der Waals surface area contributed by atoms with Crippen LogP contribution in [0.5, 0.6) is 0 Å². The average Bonchev–Trinajstić information content (AvgIpc) is 2.38. The summed E-state index contributed by atoms with van der Waals surface area (Å²) in [6, 6.07) is 1.91. The number of hydrogen-bond donors (Lipinski definition) is 1. The van der Waals surface area contributed by atoms with E-state index in [4.69, 9.17) is 5.11 Å². The summed E-state index contributed by atoms with van der Waals surface area (Å²) >= 11 is 0. The van der Waals surface area contributed by atoms with Gasteiger partial charge in [-0.15, -0.1) is 0 Å². The van der Waals surface area contributed by atoms with E-state index in [0.717, 1.165) is 11.5 Å². The average molecular weight is 286 g/mol. The molecule has 0 aromatic carbocycles. The largest absolute Gasteiger partial charge is 0.390 e. The number of halogens is 2. The molecule has 0 bridgehead atoms. The number of hydrogen-bond acceptors (Lipinski definition) is 5. The van der Waals surface area contributed by atoms with Gasteiger partial charge in [0, 0.05) is 37.9 Å². The van der Waals surface area contributed by atoms with Crippen molar-refractivity contribution < 1.29 is 13.9 Å². The molecule has 112 valence electrons. The summed E-state index contributed by atoms with van der Waals surface area (Å²) < 4.78 is 26.3. The molecule has 7 heteroatoms. The van der Waals surface area contributed by atoms with Crippen LogP contribution in [0, 0.1) is 13.8 Å². The zero-order chi connectivity index (χ0) is 14.8. The van der Waals surface area contributed by atoms with Crippen LogP contribution in [-0.4, -0.2) is 65.2 Å². The monoisotopic (exact) mass is 286 g/mol. The van der Waals surface area contributed by atoms with E-state index in [0.29, 0.717) is 32.0 Å². The molecule has 0 radical (unpaired) electrons. The highest BCUT2D eigenvalue weighted by molar-refractivity contribution is 5.40. The molecule has 2 rings (SSSR count). The van der Waals surface area contributed by atoms with Crippen molar-refractivity contribution in [2.24, 2.45) is 0 Å². The van der Waals surface area contributed by atoms with Crippen molar-refractivity contribution in [2.45, 2.75) is 19.8 Å². The molecule has 1 N–H and O–H groups in total. The van der Waals surface area contributed by atoms with Crippen molar-refractivity contribution in [3.8, 4) is 0 Å². The van der Waals surface area contributed by atoms with E-state index in [2.05, 4.69) is 14.9 Å². The fraction of sp³-hybridized carbons (Fsp3) is 0.692. The van der Waals surface area contributed by atoms with Crippen molar-refractivity contribution >= 4 is 5.82 Å². The fourth-order valence-corrected chi connectivity index (χ4v) is 2.37. The lowest BCUT2D eigenvalue weighted by atomic mass is 10.2. The van der Waals surface area contributed by atoms with Crippen molar-refractivity contribution in [2.75, 3.05) is 44.2 Å². The summed E-state index contributed by atoms with van der Waals surface area (Å²) in [5, 5.41) is 8.61. The highest BCUT2D eigenvalue weighted by atomic mass is 19.3. The predicted molar refractivity (Wildman–Crippen MR) is 72.2 cm³/mol. The maximum Gasteiger partial charge on any atom is 0.283 e. The van der Waals surface area contributed by atoms with Gasteiger partial charge in [0.2, 0.25) is 0 Å². The van der Waals surface area contributed by atoms with Crippen LogP contribution in [0.1, 0.15) is 11.5 Å². The molecule has 0 aliphatic carbocycles. The van der Waals surface area contributed by atoms with Gasteiger partial charge in [0.05, 0.1) is 6.54 Å². The molecule has 1 aliphatic heterocycles. The van der Waals surface area contributed by atoms with Crippen LogP contribution in [0.3, 0.4) is 0 Å². The summed E-state index contributed by atoms with van der Waals surface area (Å²) in [5.41, 5.74) is 0.904. The van der Waals surface area contributed by atoms with Crippen LogP contribution in [0.25, 0.3) is 0 Å². The lowest BCUT2D eigenvalue weighted by Crippen LogP contribution is -2.50. The first-order valence-electron chi connectivity index (χ1n) is 6.68. The van der Waals surface area contributed by atoms with Crippen molar-refractivity contribution in [3.63, 3.8) is 0 Å². The van der Waals surface area contributed by atoms with E-state index in [1.807, 2.05) is 19.9 Å². The molecule has 2 heterocycles. The minimum absolute atomic E-state index is 0.390. The number of alkyl halides is 2. The molecule has 1 aromatic rings. The Morgan fingerprint density at radius 2 is 1.85 bits per heavy atom. The molecule has 0 unspecified atom stereocenters. The van der Waals surface area contributed by atoms with Gasteiger partial charge in [-0.3, -0.25) is 4.90 Å². The second-order valence-corrected chi connectivity index (χ2v) is 5.19. The molecule has 20 heavy (non-hydrogen) atoms. The number of aromatic nitrogens is 2. The van der Waals surface area contributed by atoms with E-state index in [-0.39, 0.29) is 6.54 Å². The molecule has 1 aliphatic rings. The van der Waals surface area contributed by atoms with Crippen LogP contribution in [0.2, 0.25) is 0 Å². The predicted octanol–water partition coefficient (Wildman–Crippen LogP) is 0.843. The van der Waals surface area contributed by atoms with E-state index >= 15 is 0 Å². The molecular weight excluding hydrogens is 266 g/mol. The third-order valence-electron chi connectivity index (χ3n) is 3.34. The highest BCUT2D eigenvalue weighted by Gasteiger charge is 2.32. The first-order chi connectivity index (χ1) is 9.39. The third-order valence-corrected chi connectivity index (χ3v) is 3.34. The Hall–Kier alpha value is -1.34. The molecule has 1 fully saturated rings. The van der Waals surface area contributed by atoms with Crippen molar-refractivity contribution in [3.05, 3.63) is 17.6 Å². The third kappa shape index (κ3) is 3.83. The standard InChI is InChI=1S/C13H20F2N4O/c1-10-7-12(17-11(2)16-10)19-5-3-18(4-6-19)8-13(14,15)9-20/h7,20H,3-6,8-9H2,1-2H3. The lowest BCUT2D eigenvalue weighted by Gasteiger charge is -2.36. The molecule has 0 atom stereocenters. The van der Waals surface area contributed by atoms with E-state index in [9.17, 15) is 8.78 Å². The Labute approximate surface area is 117 Å². The highest BCUT2D eigenvalue weighted by Crippen LogP contribution is 2.18. The normalized spacial score (nSPS) is 17.6. The van der Waals surface area contributed by atoms with E-state index in [1.54, 1.807) is 4.90 Å². The SMILES string of the molecule is Cc1cc(N2CCN(CC(F)(F)CO)CC2)nc(C)n1. The first kappa shape index (κ1) is 15.1. The number of anilines is 1. The Balaban J connectivity index is 1.94. The number of aliphatic hydroxyl groups is 1. The smallest absolute Gasteiger partial charge is 0.283 e. The molecule has 5 nitrogen and oxygen atoms in total. The summed E-state index contributed by atoms with van der Waals surface area (Å²) in [4.78, 5) is 12.4. The topological polar surface area (TPSA) is 52.5 Å². The van der Waals surface area contributed by atoms with Crippen LogP contribution in [0.15, 0.2) is 6.07 Å². The maximum atomic E-state index is 13.1. The van der Waals surface area contributed by atoms with Crippen LogP contribution in [0.4, 0.5) is 14.6 Å². The number of rotatable bonds is 4. The Kier molecular flexibility index (Phi) is 4.49. The quantitative estimate of drug-likeness (QED) is 0.889. The van der Waals surface area contributed by atoms with Crippen molar-refractivity contribution in [1.82, 2.24) is 14.9 Å².